The Morgan fingerprint density at radius 2 is 1.89 bits per heavy atom. The standard InChI is InChI=1S/C11H14F3NO2S/c1-8(2)15-18(16,17)7-9-4-3-5-10(6-9)11(12,13)14/h3-6,8,15H,7H2,1-2H3. The molecule has 1 rings (SSSR count). The second-order valence-corrected chi connectivity index (χ2v) is 5.98. The molecule has 3 nitrogen and oxygen atoms in total. The zero-order valence-corrected chi connectivity index (χ0v) is 10.8. The number of nitrogens with one attached hydrogen (secondary N) is 1. The van der Waals surface area contributed by atoms with E-state index in [1.807, 2.05) is 0 Å². The summed E-state index contributed by atoms with van der Waals surface area (Å²) in [6, 6.07) is 4.02. The molecule has 0 spiro atoms. The van der Waals surface area contributed by atoms with Gasteiger partial charge in [-0.2, -0.15) is 13.2 Å². The van der Waals surface area contributed by atoms with Crippen LogP contribution >= 0.6 is 0 Å². The van der Waals surface area contributed by atoms with Crippen LogP contribution in [0.2, 0.25) is 0 Å². The predicted octanol–water partition coefficient (Wildman–Crippen LogP) is 2.53. The SMILES string of the molecule is CC(C)NS(=O)(=O)Cc1cccc(C(F)(F)F)c1. The Hall–Kier alpha value is -1.08. The second kappa shape index (κ2) is 5.27. The van der Waals surface area contributed by atoms with Crippen molar-refractivity contribution in [3.63, 3.8) is 0 Å². The molecular weight excluding hydrogens is 267 g/mol. The average Bonchev–Trinajstić information content (AvgIpc) is 2.13. The first kappa shape index (κ1) is 15.0. The zero-order chi connectivity index (χ0) is 14.0. The average molecular weight is 281 g/mol. The fourth-order valence-electron chi connectivity index (χ4n) is 1.46. The Morgan fingerprint density at radius 3 is 2.39 bits per heavy atom. The highest BCUT2D eigenvalue weighted by Crippen LogP contribution is 2.29. The van der Waals surface area contributed by atoms with Crippen LogP contribution in [-0.2, 0) is 22.0 Å². The molecule has 0 heterocycles. The van der Waals surface area contributed by atoms with Gasteiger partial charge in [-0.25, -0.2) is 13.1 Å². The molecule has 0 aromatic heterocycles. The Morgan fingerprint density at radius 1 is 1.28 bits per heavy atom. The van der Waals surface area contributed by atoms with Gasteiger partial charge in [0.1, 0.15) is 0 Å². The molecule has 0 aliphatic rings. The van der Waals surface area contributed by atoms with Crippen LogP contribution in [0.15, 0.2) is 24.3 Å². The van der Waals surface area contributed by atoms with Gasteiger partial charge >= 0.3 is 6.18 Å². The van der Waals surface area contributed by atoms with Crippen LogP contribution in [0, 0.1) is 0 Å². The van der Waals surface area contributed by atoms with Gasteiger partial charge in [0.15, 0.2) is 0 Å². The summed E-state index contributed by atoms with van der Waals surface area (Å²) in [5.74, 6) is -0.463. The first-order chi connectivity index (χ1) is 8.10. The summed E-state index contributed by atoms with van der Waals surface area (Å²) >= 11 is 0. The summed E-state index contributed by atoms with van der Waals surface area (Å²) in [7, 11) is -3.61. The molecule has 0 unspecified atom stereocenters. The van der Waals surface area contributed by atoms with Crippen LogP contribution in [-0.4, -0.2) is 14.5 Å². The summed E-state index contributed by atoms with van der Waals surface area (Å²) in [5.41, 5.74) is -0.738. The molecule has 1 aromatic carbocycles. The van der Waals surface area contributed by atoms with E-state index in [1.165, 1.54) is 12.1 Å². The molecule has 0 bridgehead atoms. The molecule has 7 heteroatoms. The van der Waals surface area contributed by atoms with Crippen molar-refractivity contribution in [1.29, 1.82) is 0 Å². The minimum Gasteiger partial charge on any atom is -0.212 e. The van der Waals surface area contributed by atoms with Crippen molar-refractivity contribution in [1.82, 2.24) is 4.72 Å². The number of hydrogen-bond acceptors (Lipinski definition) is 2. The highest BCUT2D eigenvalue weighted by molar-refractivity contribution is 7.88. The van der Waals surface area contributed by atoms with Crippen LogP contribution < -0.4 is 4.72 Å². The highest BCUT2D eigenvalue weighted by atomic mass is 32.2. The van der Waals surface area contributed by atoms with Gasteiger partial charge in [0.25, 0.3) is 0 Å². The van der Waals surface area contributed by atoms with E-state index in [0.717, 1.165) is 12.1 Å². The first-order valence-electron chi connectivity index (χ1n) is 5.26. The van der Waals surface area contributed by atoms with E-state index in [0.29, 0.717) is 0 Å². The Kier molecular flexibility index (Phi) is 4.39. The van der Waals surface area contributed by atoms with Crippen molar-refractivity contribution in [2.24, 2.45) is 0 Å². The van der Waals surface area contributed by atoms with E-state index in [2.05, 4.69) is 4.72 Å². The van der Waals surface area contributed by atoms with E-state index < -0.39 is 27.5 Å². The number of rotatable bonds is 4. The molecule has 0 radical (unpaired) electrons. The molecule has 102 valence electrons. The van der Waals surface area contributed by atoms with E-state index in [1.54, 1.807) is 13.8 Å². The van der Waals surface area contributed by atoms with Gasteiger partial charge in [-0.05, 0) is 25.5 Å². The fraction of sp³-hybridized carbons (Fsp3) is 0.455. The lowest BCUT2D eigenvalue weighted by Gasteiger charge is -2.11. The summed E-state index contributed by atoms with van der Waals surface area (Å²) in [4.78, 5) is 0. The van der Waals surface area contributed by atoms with Crippen molar-refractivity contribution in [2.45, 2.75) is 31.8 Å². The van der Waals surface area contributed by atoms with Crippen molar-refractivity contribution in [2.75, 3.05) is 0 Å². The molecule has 0 aliphatic heterocycles. The minimum atomic E-state index is -4.47. The normalized spacial score (nSPS) is 13.0. The van der Waals surface area contributed by atoms with Crippen LogP contribution in [0.4, 0.5) is 13.2 Å². The highest BCUT2D eigenvalue weighted by Gasteiger charge is 2.30. The maximum absolute atomic E-state index is 12.4. The topological polar surface area (TPSA) is 46.2 Å². The fourth-order valence-corrected chi connectivity index (χ4v) is 2.88. The number of alkyl halides is 3. The first-order valence-corrected chi connectivity index (χ1v) is 6.91. The van der Waals surface area contributed by atoms with Crippen LogP contribution in [0.25, 0.3) is 0 Å². The zero-order valence-electron chi connectivity index (χ0n) is 9.95. The van der Waals surface area contributed by atoms with Crippen molar-refractivity contribution in [3.05, 3.63) is 35.4 Å². The molecule has 0 atom stereocenters. The van der Waals surface area contributed by atoms with E-state index in [9.17, 15) is 21.6 Å². The predicted molar refractivity (Wildman–Crippen MR) is 62.3 cm³/mol. The van der Waals surface area contributed by atoms with Gasteiger partial charge in [-0.15, -0.1) is 0 Å². The van der Waals surface area contributed by atoms with E-state index in [-0.39, 0.29) is 11.6 Å². The molecule has 0 saturated heterocycles. The molecule has 1 aromatic rings. The molecule has 0 amide bonds. The van der Waals surface area contributed by atoms with Crippen LogP contribution in [0.5, 0.6) is 0 Å². The Bertz CT molecular complexity index is 509. The summed E-state index contributed by atoms with van der Waals surface area (Å²) in [5, 5.41) is 0. The summed E-state index contributed by atoms with van der Waals surface area (Å²) < 4.78 is 62.8. The smallest absolute Gasteiger partial charge is 0.212 e. The lowest BCUT2D eigenvalue weighted by Crippen LogP contribution is -2.31. The van der Waals surface area contributed by atoms with Gasteiger partial charge in [0, 0.05) is 6.04 Å². The third kappa shape index (κ3) is 4.66. The largest absolute Gasteiger partial charge is 0.416 e. The molecule has 1 N–H and O–H groups in total. The third-order valence-corrected chi connectivity index (χ3v) is 3.57. The molecular formula is C11H14F3NO2S. The van der Waals surface area contributed by atoms with Gasteiger partial charge in [0.05, 0.1) is 11.3 Å². The van der Waals surface area contributed by atoms with Gasteiger partial charge in [-0.3, -0.25) is 0 Å². The maximum Gasteiger partial charge on any atom is 0.416 e. The second-order valence-electron chi connectivity index (χ2n) is 4.23. The lowest BCUT2D eigenvalue weighted by atomic mass is 10.1. The molecule has 0 fully saturated rings. The monoisotopic (exact) mass is 281 g/mol. The minimum absolute atomic E-state index is 0.109. The van der Waals surface area contributed by atoms with Crippen molar-refractivity contribution < 1.29 is 21.6 Å². The molecule has 0 aliphatic carbocycles. The van der Waals surface area contributed by atoms with Gasteiger partial charge in [0.2, 0.25) is 10.0 Å². The van der Waals surface area contributed by atoms with Crippen LogP contribution in [0.1, 0.15) is 25.0 Å². The Labute approximate surface area is 104 Å². The third-order valence-electron chi connectivity index (χ3n) is 2.03. The summed E-state index contributed by atoms with van der Waals surface area (Å²) in [6.45, 7) is 3.29. The van der Waals surface area contributed by atoms with Crippen molar-refractivity contribution in [3.8, 4) is 0 Å². The maximum atomic E-state index is 12.4. The quantitative estimate of drug-likeness (QED) is 0.922. The molecule has 0 saturated carbocycles. The van der Waals surface area contributed by atoms with Crippen LogP contribution in [0.3, 0.4) is 0 Å². The van der Waals surface area contributed by atoms with Crippen molar-refractivity contribution >= 4 is 10.0 Å². The van der Waals surface area contributed by atoms with Gasteiger partial charge in [-0.1, -0.05) is 18.2 Å². The number of sulfonamides is 1. The molecule has 18 heavy (non-hydrogen) atoms. The lowest BCUT2D eigenvalue weighted by molar-refractivity contribution is -0.137. The Balaban J connectivity index is 2.93. The van der Waals surface area contributed by atoms with Gasteiger partial charge < -0.3 is 0 Å². The van der Waals surface area contributed by atoms with E-state index in [4.69, 9.17) is 0 Å². The number of halogens is 3. The van der Waals surface area contributed by atoms with E-state index >= 15 is 0 Å². The number of benzene rings is 1. The summed E-state index contributed by atoms with van der Waals surface area (Å²) in [6.07, 6.45) is -4.47. The number of hydrogen-bond donors (Lipinski definition) is 1.